The van der Waals surface area contributed by atoms with E-state index in [-0.39, 0.29) is 17.0 Å². The number of rotatable bonds is 5. The molecule has 0 saturated heterocycles. The van der Waals surface area contributed by atoms with Crippen LogP contribution in [-0.2, 0) is 10.7 Å². The molecule has 0 radical (unpaired) electrons. The van der Waals surface area contributed by atoms with Gasteiger partial charge in [0.05, 0.1) is 17.4 Å². The minimum atomic E-state index is -3.73. The fourth-order valence-electron chi connectivity index (χ4n) is 2.96. The number of amides is 1. The number of halogens is 3. The Morgan fingerprint density at radius 2 is 1.97 bits per heavy atom. The van der Waals surface area contributed by atoms with Crippen molar-refractivity contribution in [1.82, 2.24) is 25.1 Å². The lowest BCUT2D eigenvalue weighted by molar-refractivity contribution is -0.114. The smallest absolute Gasteiger partial charge is 0.324 e. The third-order valence-electron chi connectivity index (χ3n) is 4.32. The van der Waals surface area contributed by atoms with Crippen LogP contribution in [0.3, 0.4) is 0 Å². The van der Waals surface area contributed by atoms with Gasteiger partial charge >= 0.3 is 5.92 Å². The van der Waals surface area contributed by atoms with E-state index in [9.17, 15) is 9.18 Å². The van der Waals surface area contributed by atoms with Gasteiger partial charge in [-0.3, -0.25) is 14.9 Å². The van der Waals surface area contributed by atoms with Crippen LogP contribution in [-0.4, -0.2) is 31.1 Å². The van der Waals surface area contributed by atoms with E-state index in [1.165, 1.54) is 13.0 Å². The first-order valence-electron chi connectivity index (χ1n) is 9.12. The van der Waals surface area contributed by atoms with Crippen LogP contribution in [0.4, 0.5) is 30.5 Å². The number of nitrogens with one attached hydrogen (secondary N) is 3. The van der Waals surface area contributed by atoms with Crippen molar-refractivity contribution in [3.05, 3.63) is 65.6 Å². The summed E-state index contributed by atoms with van der Waals surface area (Å²) in [7, 11) is 0. The van der Waals surface area contributed by atoms with Crippen molar-refractivity contribution in [2.75, 3.05) is 10.6 Å². The molecule has 158 valence electrons. The number of anilines is 3. The molecular formula is C20H16F3N7O. The summed E-state index contributed by atoms with van der Waals surface area (Å²) in [6.07, 6.45) is 0.693. The summed E-state index contributed by atoms with van der Waals surface area (Å²) in [5.74, 6) is -5.33. The van der Waals surface area contributed by atoms with E-state index >= 15 is 8.78 Å². The molecule has 0 aliphatic rings. The Hall–Kier alpha value is -4.02. The minimum absolute atomic E-state index is 0.0560. The first-order valence-corrected chi connectivity index (χ1v) is 9.12. The molecule has 4 aromatic rings. The summed E-state index contributed by atoms with van der Waals surface area (Å²) < 4.78 is 43.6. The van der Waals surface area contributed by atoms with Crippen LogP contribution in [0, 0.1) is 12.7 Å². The highest BCUT2D eigenvalue weighted by Crippen LogP contribution is 2.36. The normalized spacial score (nSPS) is 11.5. The van der Waals surface area contributed by atoms with E-state index in [2.05, 4.69) is 35.8 Å². The van der Waals surface area contributed by atoms with E-state index in [0.29, 0.717) is 17.4 Å². The number of aromatic nitrogens is 5. The van der Waals surface area contributed by atoms with Gasteiger partial charge in [0.1, 0.15) is 17.3 Å². The van der Waals surface area contributed by atoms with E-state index in [0.717, 1.165) is 17.8 Å². The average Bonchev–Trinajstić information content (AvgIpc) is 3.13. The minimum Gasteiger partial charge on any atom is -0.324 e. The molecule has 0 unspecified atom stereocenters. The molecule has 1 aromatic carbocycles. The number of para-hydroxylation sites is 1. The molecule has 0 aliphatic carbocycles. The number of aromatic amines is 1. The molecule has 4 rings (SSSR count). The summed E-state index contributed by atoms with van der Waals surface area (Å²) >= 11 is 0. The maximum atomic E-state index is 15.2. The van der Waals surface area contributed by atoms with Crippen LogP contribution >= 0.6 is 0 Å². The molecule has 0 bridgehead atoms. The molecule has 0 aliphatic heterocycles. The zero-order valence-corrected chi connectivity index (χ0v) is 16.4. The standard InChI is InChI=1S/C20H16F3N7O/c1-10-8-16(30-29-10)26-18-13-4-3-5-14(25-11(2)31)17(13)27-19(28-18)20(22,23)15-7-6-12(21)9-24-15/h3-9H,1-2H3,(H,25,31)(H2,26,27,28,29,30). The zero-order valence-electron chi connectivity index (χ0n) is 16.4. The largest absolute Gasteiger partial charge is 0.348 e. The summed E-state index contributed by atoms with van der Waals surface area (Å²) in [5.41, 5.74) is 0.365. The molecule has 0 spiro atoms. The third kappa shape index (κ3) is 4.02. The Morgan fingerprint density at radius 1 is 1.16 bits per heavy atom. The SMILES string of the molecule is CC(=O)Nc1cccc2c(Nc3cc(C)[nH]n3)nc(C(F)(F)c3ccc(F)cn3)nc12. The van der Waals surface area contributed by atoms with E-state index in [1.807, 2.05) is 0 Å². The Morgan fingerprint density at radius 3 is 2.61 bits per heavy atom. The number of aryl methyl sites for hydroxylation is 1. The van der Waals surface area contributed by atoms with Crippen molar-refractivity contribution < 1.29 is 18.0 Å². The van der Waals surface area contributed by atoms with Crippen LogP contribution in [0.25, 0.3) is 10.9 Å². The maximum absolute atomic E-state index is 15.2. The van der Waals surface area contributed by atoms with Crippen molar-refractivity contribution >= 4 is 34.1 Å². The molecule has 0 atom stereocenters. The Bertz CT molecular complexity index is 1270. The Kier molecular flexibility index (Phi) is 5.01. The van der Waals surface area contributed by atoms with Gasteiger partial charge in [0, 0.05) is 24.1 Å². The van der Waals surface area contributed by atoms with Crippen molar-refractivity contribution in [2.45, 2.75) is 19.8 Å². The number of hydrogen-bond donors (Lipinski definition) is 3. The molecule has 0 fully saturated rings. The molecule has 31 heavy (non-hydrogen) atoms. The summed E-state index contributed by atoms with van der Waals surface area (Å²) in [6, 6.07) is 8.22. The van der Waals surface area contributed by atoms with Crippen molar-refractivity contribution in [3.63, 3.8) is 0 Å². The van der Waals surface area contributed by atoms with Crippen molar-refractivity contribution in [3.8, 4) is 0 Å². The first kappa shape index (κ1) is 20.3. The zero-order chi connectivity index (χ0) is 22.2. The van der Waals surface area contributed by atoms with Gasteiger partial charge in [0.25, 0.3) is 0 Å². The van der Waals surface area contributed by atoms with Crippen LogP contribution in [0.15, 0.2) is 42.6 Å². The number of carbonyl (C=O) groups is 1. The average molecular weight is 427 g/mol. The highest BCUT2D eigenvalue weighted by molar-refractivity contribution is 6.03. The van der Waals surface area contributed by atoms with E-state index in [1.54, 1.807) is 25.1 Å². The highest BCUT2D eigenvalue weighted by Gasteiger charge is 2.40. The van der Waals surface area contributed by atoms with Crippen molar-refractivity contribution in [2.24, 2.45) is 0 Å². The van der Waals surface area contributed by atoms with Crippen LogP contribution in [0.1, 0.15) is 24.1 Å². The van der Waals surface area contributed by atoms with Gasteiger partial charge in [0.2, 0.25) is 11.7 Å². The summed E-state index contributed by atoms with van der Waals surface area (Å²) in [4.78, 5) is 23.1. The first-order chi connectivity index (χ1) is 14.7. The van der Waals surface area contributed by atoms with Crippen LogP contribution in [0.2, 0.25) is 0 Å². The lowest BCUT2D eigenvalue weighted by Gasteiger charge is -2.18. The van der Waals surface area contributed by atoms with E-state index < -0.39 is 29.2 Å². The fraction of sp³-hybridized carbons (Fsp3) is 0.150. The van der Waals surface area contributed by atoms with Gasteiger partial charge in [-0.2, -0.15) is 13.9 Å². The maximum Gasteiger partial charge on any atom is 0.348 e. The van der Waals surface area contributed by atoms with Gasteiger partial charge < -0.3 is 10.6 Å². The molecule has 11 heteroatoms. The van der Waals surface area contributed by atoms with Crippen molar-refractivity contribution in [1.29, 1.82) is 0 Å². The Labute approximate surface area is 174 Å². The monoisotopic (exact) mass is 427 g/mol. The van der Waals surface area contributed by atoms with Crippen LogP contribution < -0.4 is 10.6 Å². The molecule has 0 saturated carbocycles. The number of H-pyrrole nitrogens is 1. The molecule has 8 nitrogen and oxygen atoms in total. The summed E-state index contributed by atoms with van der Waals surface area (Å²) in [5, 5.41) is 12.7. The highest BCUT2D eigenvalue weighted by atomic mass is 19.3. The van der Waals surface area contributed by atoms with Gasteiger partial charge in [-0.1, -0.05) is 6.07 Å². The van der Waals surface area contributed by atoms with Gasteiger partial charge in [-0.15, -0.1) is 0 Å². The van der Waals surface area contributed by atoms with Gasteiger partial charge in [-0.25, -0.2) is 14.4 Å². The number of nitrogens with zero attached hydrogens (tertiary/aromatic N) is 4. The second-order valence-corrected chi connectivity index (χ2v) is 6.78. The number of fused-ring (bicyclic) bond motifs is 1. The lowest BCUT2D eigenvalue weighted by atomic mass is 10.1. The third-order valence-corrected chi connectivity index (χ3v) is 4.32. The Balaban J connectivity index is 1.92. The molecule has 1 amide bonds. The van der Waals surface area contributed by atoms with Crippen LogP contribution in [0.5, 0.6) is 0 Å². The molecule has 3 aromatic heterocycles. The topological polar surface area (TPSA) is 108 Å². The second kappa shape index (κ2) is 7.67. The number of benzene rings is 1. The number of alkyl halides is 2. The summed E-state index contributed by atoms with van der Waals surface area (Å²) in [6.45, 7) is 3.08. The quantitative estimate of drug-likeness (QED) is 0.444. The van der Waals surface area contributed by atoms with Gasteiger partial charge in [0.15, 0.2) is 5.82 Å². The van der Waals surface area contributed by atoms with E-state index in [4.69, 9.17) is 0 Å². The lowest BCUT2D eigenvalue weighted by Crippen LogP contribution is -2.22. The predicted molar refractivity (Wildman–Crippen MR) is 108 cm³/mol. The van der Waals surface area contributed by atoms with Gasteiger partial charge in [-0.05, 0) is 31.2 Å². The predicted octanol–water partition coefficient (Wildman–Crippen LogP) is 4.04. The molecule has 3 N–H and O–H groups in total. The number of carbonyl (C=O) groups excluding carboxylic acids is 1. The number of pyridine rings is 1. The second-order valence-electron chi connectivity index (χ2n) is 6.78. The molecular weight excluding hydrogens is 411 g/mol. The number of hydrogen-bond acceptors (Lipinski definition) is 6. The molecule has 3 heterocycles. The fourth-order valence-corrected chi connectivity index (χ4v) is 2.96.